The molecule has 1 fully saturated rings. The van der Waals surface area contributed by atoms with E-state index in [1.165, 1.54) is 37.0 Å². The summed E-state index contributed by atoms with van der Waals surface area (Å²) < 4.78 is 1.77. The lowest BCUT2D eigenvalue weighted by molar-refractivity contribution is 0.286. The molecule has 0 N–H and O–H groups in total. The molecule has 2 aromatic heterocycles. The molecule has 1 aliphatic rings. The Balaban J connectivity index is 1.99. The summed E-state index contributed by atoms with van der Waals surface area (Å²) >= 11 is 6.01. The number of rotatable bonds is 3. The smallest absolute Gasteiger partial charge is 0.262 e. The van der Waals surface area contributed by atoms with Crippen molar-refractivity contribution >= 4 is 34.2 Å². The number of aromatic nitrogens is 2. The highest BCUT2D eigenvalue weighted by Crippen LogP contribution is 2.40. The van der Waals surface area contributed by atoms with E-state index in [0.29, 0.717) is 0 Å². The van der Waals surface area contributed by atoms with E-state index in [2.05, 4.69) is 17.6 Å². The molecule has 0 aliphatic heterocycles. The Morgan fingerprint density at radius 3 is 2.94 bits per heavy atom. The van der Waals surface area contributed by atoms with E-state index in [1.54, 1.807) is 10.9 Å². The lowest BCUT2D eigenvalue weighted by atomic mass is 9.88. The Labute approximate surface area is 115 Å². The average molecular weight is 280 g/mol. The largest absolute Gasteiger partial charge is 0.298 e. The van der Waals surface area contributed by atoms with Crippen molar-refractivity contribution in [1.82, 2.24) is 9.55 Å². The zero-order valence-electron chi connectivity index (χ0n) is 10.1. The predicted molar refractivity (Wildman–Crippen MR) is 78.6 cm³/mol. The molecule has 0 amide bonds. The lowest BCUT2D eigenvalue weighted by Crippen LogP contribution is -2.31. The van der Waals surface area contributed by atoms with E-state index in [9.17, 15) is 4.79 Å². The van der Waals surface area contributed by atoms with Crippen LogP contribution in [0.4, 0.5) is 0 Å². The van der Waals surface area contributed by atoms with Gasteiger partial charge in [0.2, 0.25) is 0 Å². The second-order valence-electron chi connectivity index (χ2n) is 5.18. The zero-order valence-corrected chi connectivity index (χ0v) is 11.8. The molecule has 0 unspecified atom stereocenters. The maximum Gasteiger partial charge on any atom is 0.262 e. The van der Waals surface area contributed by atoms with Gasteiger partial charge in [0, 0.05) is 6.54 Å². The fraction of sp³-hybridized carbons (Fsp3) is 0.538. The Bertz CT molecular complexity index is 611. The Hall–Kier alpha value is -0.810. The van der Waals surface area contributed by atoms with Crippen molar-refractivity contribution in [2.75, 3.05) is 5.75 Å². The minimum Gasteiger partial charge on any atom is -0.298 e. The Morgan fingerprint density at radius 2 is 2.22 bits per heavy atom. The van der Waals surface area contributed by atoms with Crippen LogP contribution in [-0.2, 0) is 6.54 Å². The van der Waals surface area contributed by atoms with Crippen LogP contribution in [0.2, 0.25) is 0 Å². The fourth-order valence-corrected chi connectivity index (χ4v) is 4.00. The molecular formula is C13H16N2OS2. The van der Waals surface area contributed by atoms with Crippen LogP contribution in [0.25, 0.3) is 10.2 Å². The van der Waals surface area contributed by atoms with Crippen LogP contribution in [0, 0.1) is 5.41 Å². The predicted octanol–water partition coefficient (Wildman–Crippen LogP) is 2.95. The van der Waals surface area contributed by atoms with Crippen LogP contribution in [-0.4, -0.2) is 15.3 Å². The summed E-state index contributed by atoms with van der Waals surface area (Å²) in [4.78, 5) is 17.5. The first kappa shape index (κ1) is 12.2. The SMILES string of the molecule is O=c1c2ccsc2ncn1CC1(CS)CCCC1. The van der Waals surface area contributed by atoms with Crippen LogP contribution in [0.15, 0.2) is 22.6 Å². The molecule has 96 valence electrons. The summed E-state index contributed by atoms with van der Waals surface area (Å²) in [5.41, 5.74) is 0.285. The van der Waals surface area contributed by atoms with Crippen LogP contribution in [0.1, 0.15) is 25.7 Å². The van der Waals surface area contributed by atoms with Gasteiger partial charge in [-0.15, -0.1) is 11.3 Å². The average Bonchev–Trinajstić information content (AvgIpc) is 3.03. The van der Waals surface area contributed by atoms with E-state index in [0.717, 1.165) is 22.5 Å². The monoisotopic (exact) mass is 280 g/mol. The molecule has 2 aromatic rings. The van der Waals surface area contributed by atoms with Gasteiger partial charge in [0.1, 0.15) is 4.83 Å². The highest BCUT2D eigenvalue weighted by Gasteiger charge is 2.33. The van der Waals surface area contributed by atoms with E-state index < -0.39 is 0 Å². The molecule has 1 saturated carbocycles. The number of fused-ring (bicyclic) bond motifs is 1. The van der Waals surface area contributed by atoms with Crippen molar-refractivity contribution in [2.45, 2.75) is 32.2 Å². The third-order valence-electron chi connectivity index (χ3n) is 3.96. The first-order valence-electron chi connectivity index (χ1n) is 6.28. The van der Waals surface area contributed by atoms with E-state index in [4.69, 9.17) is 0 Å². The quantitative estimate of drug-likeness (QED) is 0.877. The van der Waals surface area contributed by atoms with Crippen molar-refractivity contribution in [3.05, 3.63) is 28.1 Å². The second kappa shape index (κ2) is 4.70. The van der Waals surface area contributed by atoms with Crippen LogP contribution < -0.4 is 5.56 Å². The third-order valence-corrected chi connectivity index (χ3v) is 5.45. The maximum atomic E-state index is 12.3. The van der Waals surface area contributed by atoms with E-state index >= 15 is 0 Å². The van der Waals surface area contributed by atoms with E-state index in [1.807, 2.05) is 11.4 Å². The van der Waals surface area contributed by atoms with Crippen molar-refractivity contribution in [3.8, 4) is 0 Å². The molecule has 1 aliphatic carbocycles. The molecule has 2 heterocycles. The van der Waals surface area contributed by atoms with Gasteiger partial charge >= 0.3 is 0 Å². The summed E-state index contributed by atoms with van der Waals surface area (Å²) in [6, 6.07) is 1.87. The third kappa shape index (κ3) is 1.99. The molecule has 0 atom stereocenters. The zero-order chi connectivity index (χ0) is 12.6. The summed E-state index contributed by atoms with van der Waals surface area (Å²) in [6.45, 7) is 0.758. The lowest BCUT2D eigenvalue weighted by Gasteiger charge is -2.27. The molecule has 18 heavy (non-hydrogen) atoms. The molecule has 0 saturated heterocycles. The summed E-state index contributed by atoms with van der Waals surface area (Å²) in [6.07, 6.45) is 6.55. The highest BCUT2D eigenvalue weighted by atomic mass is 32.1. The number of thiol groups is 1. The number of hydrogen-bond acceptors (Lipinski definition) is 4. The van der Waals surface area contributed by atoms with Gasteiger partial charge < -0.3 is 0 Å². The van der Waals surface area contributed by atoms with Crippen LogP contribution >= 0.6 is 24.0 Å². The highest BCUT2D eigenvalue weighted by molar-refractivity contribution is 7.80. The summed E-state index contributed by atoms with van der Waals surface area (Å²) in [5, 5.41) is 2.67. The number of thiophene rings is 1. The summed E-state index contributed by atoms with van der Waals surface area (Å²) in [7, 11) is 0. The van der Waals surface area contributed by atoms with Crippen molar-refractivity contribution in [1.29, 1.82) is 0 Å². The van der Waals surface area contributed by atoms with Gasteiger partial charge in [-0.2, -0.15) is 12.6 Å². The van der Waals surface area contributed by atoms with E-state index in [-0.39, 0.29) is 11.0 Å². The molecule has 0 radical (unpaired) electrons. The summed E-state index contributed by atoms with van der Waals surface area (Å²) in [5.74, 6) is 0.848. The van der Waals surface area contributed by atoms with Gasteiger partial charge in [0.25, 0.3) is 5.56 Å². The normalized spacial score (nSPS) is 18.5. The molecular weight excluding hydrogens is 264 g/mol. The molecule has 0 aromatic carbocycles. The van der Waals surface area contributed by atoms with Gasteiger partial charge in [-0.05, 0) is 35.5 Å². The molecule has 3 nitrogen and oxygen atoms in total. The van der Waals surface area contributed by atoms with Gasteiger partial charge in [0.05, 0.1) is 11.7 Å². The van der Waals surface area contributed by atoms with Crippen molar-refractivity contribution in [3.63, 3.8) is 0 Å². The second-order valence-corrected chi connectivity index (χ2v) is 6.39. The van der Waals surface area contributed by atoms with Crippen LogP contribution in [0.5, 0.6) is 0 Å². The molecule has 3 rings (SSSR count). The first-order valence-corrected chi connectivity index (χ1v) is 7.79. The maximum absolute atomic E-state index is 12.3. The number of hydrogen-bond donors (Lipinski definition) is 1. The van der Waals surface area contributed by atoms with Gasteiger partial charge in [-0.1, -0.05) is 12.8 Å². The molecule has 5 heteroatoms. The standard InChI is InChI=1S/C13H16N2OS2/c16-12-10-3-6-18-11(10)14-9-15(12)7-13(8-17)4-1-2-5-13/h3,6,9,17H,1-2,4-5,7-8H2. The van der Waals surface area contributed by atoms with Gasteiger partial charge in [0.15, 0.2) is 0 Å². The van der Waals surface area contributed by atoms with Crippen LogP contribution in [0.3, 0.4) is 0 Å². The van der Waals surface area contributed by atoms with Crippen molar-refractivity contribution in [2.24, 2.45) is 5.41 Å². The molecule has 0 spiro atoms. The first-order chi connectivity index (χ1) is 8.74. The van der Waals surface area contributed by atoms with Gasteiger partial charge in [-0.3, -0.25) is 9.36 Å². The Kier molecular flexibility index (Phi) is 3.20. The molecule has 0 bridgehead atoms. The fourth-order valence-electron chi connectivity index (χ4n) is 2.86. The number of nitrogens with zero attached hydrogens (tertiary/aromatic N) is 2. The van der Waals surface area contributed by atoms with Crippen molar-refractivity contribution < 1.29 is 0 Å². The topological polar surface area (TPSA) is 34.9 Å². The van der Waals surface area contributed by atoms with Gasteiger partial charge in [-0.25, -0.2) is 4.98 Å². The minimum absolute atomic E-state index is 0.0920. The Morgan fingerprint density at radius 1 is 1.44 bits per heavy atom. The minimum atomic E-state index is 0.0920.